The lowest BCUT2D eigenvalue weighted by molar-refractivity contribution is 0.110. The average Bonchev–Trinajstić information content (AvgIpc) is 2.25. The highest BCUT2D eigenvalue weighted by Gasteiger charge is 1.96. The van der Waals surface area contributed by atoms with Crippen LogP contribution in [0.2, 0.25) is 5.15 Å². The number of nitrogens with zero attached hydrogens (tertiary/aromatic N) is 2. The zero-order valence-corrected chi connectivity index (χ0v) is 10.5. The molecule has 1 heterocycles. The quantitative estimate of drug-likeness (QED) is 0.748. The predicted molar refractivity (Wildman–Crippen MR) is 65.8 cm³/mol. The van der Waals surface area contributed by atoms with Gasteiger partial charge >= 0.3 is 0 Å². The minimum Gasteiger partial charge on any atom is -0.381 e. The molecule has 0 atom stereocenters. The molecule has 4 nitrogen and oxygen atoms in total. The Morgan fingerprint density at radius 3 is 2.81 bits per heavy atom. The van der Waals surface area contributed by atoms with E-state index in [4.69, 9.17) is 16.3 Å². The monoisotopic (exact) mass is 243 g/mol. The van der Waals surface area contributed by atoms with Gasteiger partial charge in [-0.1, -0.05) is 25.4 Å². The lowest BCUT2D eigenvalue weighted by atomic mass is 10.2. The van der Waals surface area contributed by atoms with E-state index < -0.39 is 0 Å². The fraction of sp³-hybridized carbons (Fsp3) is 0.636. The third kappa shape index (κ3) is 5.88. The van der Waals surface area contributed by atoms with Gasteiger partial charge in [0.2, 0.25) is 0 Å². The van der Waals surface area contributed by atoms with Crippen LogP contribution in [0.15, 0.2) is 12.1 Å². The Hall–Kier alpha value is -0.870. The molecule has 1 rings (SSSR count). The third-order valence-corrected chi connectivity index (χ3v) is 2.06. The van der Waals surface area contributed by atoms with Crippen LogP contribution in [0.4, 0.5) is 5.82 Å². The Bertz CT molecular complexity index is 290. The van der Waals surface area contributed by atoms with Gasteiger partial charge in [-0.3, -0.25) is 0 Å². The standard InChI is InChI=1S/C11H18ClN3O/c1-9(2)8-16-7-3-6-13-11-5-4-10(12)14-15-11/h4-5,9H,3,6-8H2,1-2H3,(H,13,15). The van der Waals surface area contributed by atoms with Crippen molar-refractivity contribution in [1.82, 2.24) is 10.2 Å². The molecule has 1 aromatic rings. The molecule has 0 saturated heterocycles. The molecular weight excluding hydrogens is 226 g/mol. The third-order valence-electron chi connectivity index (χ3n) is 1.85. The van der Waals surface area contributed by atoms with Crippen molar-refractivity contribution in [2.24, 2.45) is 5.92 Å². The van der Waals surface area contributed by atoms with Crippen LogP contribution >= 0.6 is 11.6 Å². The maximum Gasteiger partial charge on any atom is 0.151 e. The summed E-state index contributed by atoms with van der Waals surface area (Å²) >= 11 is 5.62. The highest BCUT2D eigenvalue weighted by atomic mass is 35.5. The minimum absolute atomic E-state index is 0.408. The van der Waals surface area contributed by atoms with E-state index >= 15 is 0 Å². The molecule has 1 aromatic heterocycles. The van der Waals surface area contributed by atoms with E-state index in [9.17, 15) is 0 Å². The van der Waals surface area contributed by atoms with Crippen molar-refractivity contribution in [3.8, 4) is 0 Å². The summed E-state index contributed by atoms with van der Waals surface area (Å²) in [5, 5.41) is 11.2. The van der Waals surface area contributed by atoms with Gasteiger partial charge in [0.15, 0.2) is 5.15 Å². The Balaban J connectivity index is 2.05. The van der Waals surface area contributed by atoms with Crippen molar-refractivity contribution in [3.63, 3.8) is 0 Å². The van der Waals surface area contributed by atoms with Gasteiger partial charge in [0, 0.05) is 19.8 Å². The average molecular weight is 244 g/mol. The second-order valence-corrected chi connectivity index (χ2v) is 4.38. The molecule has 0 aliphatic rings. The highest BCUT2D eigenvalue weighted by Crippen LogP contribution is 2.05. The van der Waals surface area contributed by atoms with Crippen LogP contribution in [0.1, 0.15) is 20.3 Å². The first-order valence-corrected chi connectivity index (χ1v) is 5.87. The maximum absolute atomic E-state index is 5.62. The number of rotatable bonds is 7. The van der Waals surface area contributed by atoms with Crippen molar-refractivity contribution >= 4 is 17.4 Å². The molecule has 0 aromatic carbocycles. The van der Waals surface area contributed by atoms with E-state index in [2.05, 4.69) is 29.4 Å². The first-order chi connectivity index (χ1) is 7.68. The second-order valence-electron chi connectivity index (χ2n) is 3.99. The molecule has 0 radical (unpaired) electrons. The summed E-state index contributed by atoms with van der Waals surface area (Å²) in [7, 11) is 0. The smallest absolute Gasteiger partial charge is 0.151 e. The summed E-state index contributed by atoms with van der Waals surface area (Å²) in [6, 6.07) is 3.52. The Morgan fingerprint density at radius 2 is 2.19 bits per heavy atom. The summed E-state index contributed by atoms with van der Waals surface area (Å²) in [6.45, 7) is 6.70. The Kier molecular flexibility index (Phi) is 6.11. The van der Waals surface area contributed by atoms with E-state index in [0.717, 1.165) is 32.0 Å². The number of hydrogen-bond donors (Lipinski definition) is 1. The molecular formula is C11H18ClN3O. The molecule has 16 heavy (non-hydrogen) atoms. The summed E-state index contributed by atoms with van der Waals surface area (Å²) < 4.78 is 5.45. The summed E-state index contributed by atoms with van der Waals surface area (Å²) in [5.41, 5.74) is 0. The lowest BCUT2D eigenvalue weighted by Gasteiger charge is -2.07. The molecule has 0 saturated carbocycles. The molecule has 0 aliphatic heterocycles. The van der Waals surface area contributed by atoms with Crippen molar-refractivity contribution < 1.29 is 4.74 Å². The first kappa shape index (κ1) is 13.2. The molecule has 0 unspecified atom stereocenters. The van der Waals surface area contributed by atoms with Gasteiger partial charge < -0.3 is 10.1 Å². The predicted octanol–water partition coefficient (Wildman–Crippen LogP) is 2.60. The SMILES string of the molecule is CC(C)COCCCNc1ccc(Cl)nn1. The number of hydrogen-bond acceptors (Lipinski definition) is 4. The fourth-order valence-electron chi connectivity index (χ4n) is 1.12. The minimum atomic E-state index is 0.408. The molecule has 1 N–H and O–H groups in total. The zero-order valence-electron chi connectivity index (χ0n) is 9.74. The van der Waals surface area contributed by atoms with Gasteiger partial charge in [0.25, 0.3) is 0 Å². The lowest BCUT2D eigenvalue weighted by Crippen LogP contribution is -2.09. The number of ether oxygens (including phenoxy) is 1. The van der Waals surface area contributed by atoms with Crippen LogP contribution in [-0.2, 0) is 4.74 Å². The number of anilines is 1. The van der Waals surface area contributed by atoms with Gasteiger partial charge in [-0.15, -0.1) is 10.2 Å². The van der Waals surface area contributed by atoms with Gasteiger partial charge in [-0.25, -0.2) is 0 Å². The topological polar surface area (TPSA) is 47.0 Å². The largest absolute Gasteiger partial charge is 0.381 e. The molecule has 0 fully saturated rings. The van der Waals surface area contributed by atoms with Crippen LogP contribution < -0.4 is 5.32 Å². The summed E-state index contributed by atoms with van der Waals surface area (Å²) in [4.78, 5) is 0. The Morgan fingerprint density at radius 1 is 1.38 bits per heavy atom. The van der Waals surface area contributed by atoms with E-state index in [1.54, 1.807) is 6.07 Å². The van der Waals surface area contributed by atoms with Gasteiger partial charge in [0.1, 0.15) is 5.82 Å². The Labute approximate surface area is 101 Å². The van der Waals surface area contributed by atoms with Gasteiger partial charge in [-0.05, 0) is 24.5 Å². The fourth-order valence-corrected chi connectivity index (χ4v) is 1.22. The summed E-state index contributed by atoms with van der Waals surface area (Å²) in [6.07, 6.45) is 0.955. The van der Waals surface area contributed by atoms with E-state index in [0.29, 0.717) is 11.1 Å². The van der Waals surface area contributed by atoms with E-state index in [1.807, 2.05) is 6.07 Å². The number of aromatic nitrogens is 2. The normalized spacial score (nSPS) is 10.8. The van der Waals surface area contributed by atoms with Gasteiger partial charge in [-0.2, -0.15) is 0 Å². The highest BCUT2D eigenvalue weighted by molar-refractivity contribution is 6.29. The molecule has 0 spiro atoms. The zero-order chi connectivity index (χ0) is 11.8. The molecule has 0 bridgehead atoms. The van der Waals surface area contributed by atoms with Gasteiger partial charge in [0.05, 0.1) is 0 Å². The van der Waals surface area contributed by atoms with Crippen molar-refractivity contribution in [2.45, 2.75) is 20.3 Å². The molecule has 90 valence electrons. The molecule has 5 heteroatoms. The van der Waals surface area contributed by atoms with Crippen molar-refractivity contribution in [3.05, 3.63) is 17.3 Å². The van der Waals surface area contributed by atoms with Crippen LogP contribution in [0.5, 0.6) is 0 Å². The van der Waals surface area contributed by atoms with E-state index in [-0.39, 0.29) is 0 Å². The molecule has 0 amide bonds. The maximum atomic E-state index is 5.62. The van der Waals surface area contributed by atoms with Crippen LogP contribution in [0.25, 0.3) is 0 Å². The first-order valence-electron chi connectivity index (χ1n) is 5.49. The second kappa shape index (κ2) is 7.41. The number of nitrogens with one attached hydrogen (secondary N) is 1. The van der Waals surface area contributed by atoms with E-state index in [1.165, 1.54) is 0 Å². The van der Waals surface area contributed by atoms with Crippen molar-refractivity contribution in [2.75, 3.05) is 25.1 Å². The van der Waals surface area contributed by atoms with Crippen LogP contribution in [0, 0.1) is 5.92 Å². The van der Waals surface area contributed by atoms with Crippen molar-refractivity contribution in [1.29, 1.82) is 0 Å². The molecule has 0 aliphatic carbocycles. The van der Waals surface area contributed by atoms with Crippen LogP contribution in [0.3, 0.4) is 0 Å². The van der Waals surface area contributed by atoms with Crippen LogP contribution in [-0.4, -0.2) is 30.0 Å². The number of halogens is 1. The summed E-state index contributed by atoms with van der Waals surface area (Å²) in [5.74, 6) is 1.34.